The van der Waals surface area contributed by atoms with E-state index in [1.165, 1.54) is 0 Å². The first kappa shape index (κ1) is 17.4. The normalized spacial score (nSPS) is 24.0. The van der Waals surface area contributed by atoms with Gasteiger partial charge in [-0.25, -0.2) is 8.10 Å². The minimum absolute atomic E-state index is 0.161. The summed E-state index contributed by atoms with van der Waals surface area (Å²) < 4.78 is 8.23. The number of pyridine rings is 1. The summed E-state index contributed by atoms with van der Waals surface area (Å²) in [6.45, 7) is 7.50. The number of hydrogen-bond acceptors (Lipinski definition) is 7. The number of hydrogen-bond donors (Lipinski definition) is 2. The molecule has 1 aromatic rings. The molecule has 1 aromatic heterocycles. The van der Waals surface area contributed by atoms with Crippen molar-refractivity contribution in [2.24, 2.45) is 0 Å². The molecular formula is C14H22BIN4O3. The van der Waals surface area contributed by atoms with E-state index in [0.717, 1.165) is 51.6 Å². The zero-order chi connectivity index (χ0) is 16.2. The van der Waals surface area contributed by atoms with Gasteiger partial charge in [0.15, 0.2) is 0 Å². The van der Waals surface area contributed by atoms with Crippen molar-refractivity contribution in [2.45, 2.75) is 6.10 Å². The molecule has 0 spiro atoms. The molecule has 23 heavy (non-hydrogen) atoms. The molecule has 3 rings (SSSR count). The van der Waals surface area contributed by atoms with Gasteiger partial charge in [-0.2, -0.15) is 0 Å². The van der Waals surface area contributed by atoms with Crippen LogP contribution in [0.1, 0.15) is 0 Å². The summed E-state index contributed by atoms with van der Waals surface area (Å²) in [5, 5.41) is 18.6. The van der Waals surface area contributed by atoms with E-state index in [2.05, 4.69) is 40.8 Å². The van der Waals surface area contributed by atoms with Gasteiger partial charge >= 0.3 is 7.12 Å². The van der Waals surface area contributed by atoms with Crippen LogP contribution in [0.2, 0.25) is 0 Å². The second-order valence-electron chi connectivity index (χ2n) is 5.97. The quantitative estimate of drug-likeness (QED) is 0.357. The van der Waals surface area contributed by atoms with Crippen LogP contribution >= 0.6 is 22.9 Å². The molecular weight excluding hydrogens is 410 g/mol. The number of anilines is 1. The highest BCUT2D eigenvalue weighted by molar-refractivity contribution is 14.1. The van der Waals surface area contributed by atoms with Crippen LogP contribution in [0.15, 0.2) is 18.3 Å². The number of rotatable bonds is 4. The van der Waals surface area contributed by atoms with Gasteiger partial charge in [0, 0.05) is 74.9 Å². The number of morpholine rings is 1. The topological polar surface area (TPSA) is 72.3 Å². The van der Waals surface area contributed by atoms with Gasteiger partial charge in [-0.1, -0.05) is 0 Å². The molecule has 0 aromatic carbocycles. The van der Waals surface area contributed by atoms with E-state index in [-0.39, 0.29) is 6.10 Å². The Labute approximate surface area is 150 Å². The van der Waals surface area contributed by atoms with E-state index in [4.69, 9.17) is 4.74 Å². The summed E-state index contributed by atoms with van der Waals surface area (Å²) in [5.41, 5.74) is 0.469. The van der Waals surface area contributed by atoms with Crippen LogP contribution in [-0.2, 0) is 4.74 Å². The molecule has 2 aliphatic heterocycles. The highest BCUT2D eigenvalue weighted by atomic mass is 127. The molecule has 7 nitrogen and oxygen atoms in total. The summed E-state index contributed by atoms with van der Waals surface area (Å²) in [6, 6.07) is 3.36. The Morgan fingerprint density at radius 2 is 2.04 bits per heavy atom. The first-order valence-corrected chi connectivity index (χ1v) is 8.90. The third-order valence-corrected chi connectivity index (χ3v) is 5.27. The van der Waals surface area contributed by atoms with Crippen molar-refractivity contribution in [1.29, 1.82) is 0 Å². The number of aromatic nitrogens is 1. The molecule has 2 saturated heterocycles. The molecule has 0 aliphatic carbocycles. The van der Waals surface area contributed by atoms with Gasteiger partial charge in [-0.15, -0.1) is 0 Å². The minimum atomic E-state index is -1.46. The molecule has 1 atom stereocenters. The summed E-state index contributed by atoms with van der Waals surface area (Å²) in [7, 11) is -1.46. The molecule has 126 valence electrons. The van der Waals surface area contributed by atoms with Crippen LogP contribution < -0.4 is 10.4 Å². The first-order chi connectivity index (χ1) is 11.1. The zero-order valence-electron chi connectivity index (χ0n) is 13.0. The van der Waals surface area contributed by atoms with Crippen molar-refractivity contribution >= 4 is 41.3 Å². The van der Waals surface area contributed by atoms with Gasteiger partial charge in [-0.3, -0.25) is 4.90 Å². The summed E-state index contributed by atoms with van der Waals surface area (Å²) in [5.74, 6) is 0.779. The van der Waals surface area contributed by atoms with Gasteiger partial charge in [0.05, 0.1) is 12.7 Å². The summed E-state index contributed by atoms with van der Waals surface area (Å²) in [6.07, 6.45) is 1.78. The predicted molar refractivity (Wildman–Crippen MR) is 98.0 cm³/mol. The zero-order valence-corrected chi connectivity index (χ0v) is 15.2. The minimum Gasteiger partial charge on any atom is -0.423 e. The maximum atomic E-state index is 9.31. The second-order valence-corrected chi connectivity index (χ2v) is 7.33. The molecule has 9 heteroatoms. The Hall–Kier alpha value is -0.455. The lowest BCUT2D eigenvalue weighted by Gasteiger charge is -2.38. The van der Waals surface area contributed by atoms with Gasteiger partial charge in [0.1, 0.15) is 5.82 Å². The van der Waals surface area contributed by atoms with Gasteiger partial charge in [0.25, 0.3) is 0 Å². The fourth-order valence-electron chi connectivity index (χ4n) is 3.00. The van der Waals surface area contributed by atoms with Crippen LogP contribution in [0.3, 0.4) is 0 Å². The third kappa shape index (κ3) is 4.77. The molecule has 2 fully saturated rings. The number of piperazine rings is 1. The van der Waals surface area contributed by atoms with Crippen LogP contribution in [0, 0.1) is 0 Å². The molecule has 0 saturated carbocycles. The lowest BCUT2D eigenvalue weighted by molar-refractivity contribution is 0.0108. The van der Waals surface area contributed by atoms with Gasteiger partial charge in [-0.05, 0) is 17.6 Å². The second kappa shape index (κ2) is 8.08. The first-order valence-electron chi connectivity index (χ1n) is 7.93. The monoisotopic (exact) mass is 432 g/mol. The molecule has 3 heterocycles. The largest absolute Gasteiger partial charge is 0.488 e. The van der Waals surface area contributed by atoms with E-state index in [1.54, 1.807) is 18.3 Å². The van der Waals surface area contributed by atoms with Crippen LogP contribution in [0.5, 0.6) is 0 Å². The Bertz CT molecular complexity index is 517. The lowest BCUT2D eigenvalue weighted by Crippen LogP contribution is -2.51. The van der Waals surface area contributed by atoms with Gasteiger partial charge in [0.2, 0.25) is 0 Å². The Balaban J connectivity index is 1.58. The molecule has 0 bridgehead atoms. The van der Waals surface area contributed by atoms with E-state index in [9.17, 15) is 10.0 Å². The highest BCUT2D eigenvalue weighted by Crippen LogP contribution is 2.16. The summed E-state index contributed by atoms with van der Waals surface area (Å²) in [4.78, 5) is 8.97. The summed E-state index contributed by atoms with van der Waals surface area (Å²) >= 11 is 2.37. The fourth-order valence-corrected chi connectivity index (χ4v) is 3.43. The van der Waals surface area contributed by atoms with Crippen LogP contribution in [-0.4, -0.2) is 88.7 Å². The molecule has 0 unspecified atom stereocenters. The van der Waals surface area contributed by atoms with Crippen molar-refractivity contribution in [3.63, 3.8) is 0 Å². The highest BCUT2D eigenvalue weighted by Gasteiger charge is 2.25. The standard InChI is InChI=1S/C14H22BIN4O3/c16-20-5-3-18(4-6-20)10-13-11-19(7-8-23-13)14-9-12(15(21)22)1-2-17-14/h1-2,9,13,21-22H,3-8,10-11H2/t13-/m0/s1. The maximum absolute atomic E-state index is 9.31. The van der Waals surface area contributed by atoms with E-state index in [0.29, 0.717) is 12.1 Å². The molecule has 0 radical (unpaired) electrons. The average molecular weight is 432 g/mol. The van der Waals surface area contributed by atoms with Crippen molar-refractivity contribution in [2.75, 3.05) is 57.3 Å². The molecule has 0 amide bonds. The van der Waals surface area contributed by atoms with Gasteiger partial charge < -0.3 is 19.7 Å². The maximum Gasteiger partial charge on any atom is 0.488 e. The molecule has 2 N–H and O–H groups in total. The van der Waals surface area contributed by atoms with E-state index in [1.807, 2.05) is 0 Å². The molecule has 2 aliphatic rings. The third-order valence-electron chi connectivity index (χ3n) is 4.31. The van der Waals surface area contributed by atoms with Crippen LogP contribution in [0.25, 0.3) is 0 Å². The lowest BCUT2D eigenvalue weighted by atomic mass is 9.81. The fraction of sp³-hybridized carbons (Fsp3) is 0.643. The number of ether oxygens (including phenoxy) is 1. The average Bonchev–Trinajstić information content (AvgIpc) is 2.57. The number of nitrogens with zero attached hydrogens (tertiary/aromatic N) is 4. The van der Waals surface area contributed by atoms with E-state index >= 15 is 0 Å². The smallest absolute Gasteiger partial charge is 0.423 e. The predicted octanol–water partition coefficient (Wildman–Crippen LogP) is -1.07. The van der Waals surface area contributed by atoms with E-state index < -0.39 is 7.12 Å². The Kier molecular flexibility index (Phi) is 6.10. The van der Waals surface area contributed by atoms with Crippen molar-refractivity contribution < 1.29 is 14.8 Å². The van der Waals surface area contributed by atoms with Crippen molar-refractivity contribution in [3.05, 3.63) is 18.3 Å². The van der Waals surface area contributed by atoms with Crippen molar-refractivity contribution in [1.82, 2.24) is 13.0 Å². The number of halogens is 1. The Morgan fingerprint density at radius 1 is 1.26 bits per heavy atom. The van der Waals surface area contributed by atoms with Crippen LogP contribution in [0.4, 0.5) is 5.82 Å². The SMILES string of the molecule is OB(O)c1ccnc(N2CCO[C@@H](CN3CCN(I)CC3)C2)c1. The Morgan fingerprint density at radius 3 is 2.78 bits per heavy atom. The van der Waals surface area contributed by atoms with Crippen molar-refractivity contribution in [3.8, 4) is 0 Å².